The first kappa shape index (κ1) is 21.7. The number of carbonyl (C=O) groups is 4. The molecule has 0 aliphatic carbocycles. The van der Waals surface area contributed by atoms with Crippen LogP contribution in [-0.4, -0.2) is 76.0 Å². The van der Waals surface area contributed by atoms with Crippen LogP contribution in [0.4, 0.5) is 0 Å². The van der Waals surface area contributed by atoms with E-state index in [1.54, 1.807) is 46.5 Å². The Bertz CT molecular complexity index is 1070. The number of rotatable bonds is 4. The van der Waals surface area contributed by atoms with Gasteiger partial charge in [-0.15, -0.1) is 0 Å². The molecule has 8 heteroatoms. The Labute approximate surface area is 186 Å². The number of fused-ring (bicyclic) bond motifs is 1. The van der Waals surface area contributed by atoms with Crippen LogP contribution in [0.25, 0.3) is 0 Å². The smallest absolute Gasteiger partial charge is 0.261 e. The maximum absolute atomic E-state index is 13.1. The second-order valence-electron chi connectivity index (χ2n) is 8.55. The Morgan fingerprint density at radius 3 is 2.19 bits per heavy atom. The lowest BCUT2D eigenvalue weighted by molar-refractivity contribution is 0.0635. The van der Waals surface area contributed by atoms with Crippen molar-refractivity contribution in [1.29, 1.82) is 0 Å². The van der Waals surface area contributed by atoms with Crippen LogP contribution in [0.5, 0.6) is 0 Å². The van der Waals surface area contributed by atoms with Crippen molar-refractivity contribution in [3.8, 4) is 0 Å². The fourth-order valence-electron chi connectivity index (χ4n) is 4.13. The standard InChI is InChI=1S/C24H26N4O4/c1-16(2)15-28-23(31)19-7-6-17(13-20(19)24(28)32)21(29)26-9-4-10-27(12-11-26)22(30)18-5-3-8-25-14-18/h3,5-8,13-14,16H,4,9-12,15H2,1-2H3. The lowest BCUT2D eigenvalue weighted by Gasteiger charge is -2.22. The van der Waals surface area contributed by atoms with Crippen molar-refractivity contribution in [1.82, 2.24) is 19.7 Å². The summed E-state index contributed by atoms with van der Waals surface area (Å²) in [5.74, 6) is -0.799. The van der Waals surface area contributed by atoms with Gasteiger partial charge in [0.15, 0.2) is 0 Å². The van der Waals surface area contributed by atoms with Crippen LogP contribution in [0.1, 0.15) is 61.7 Å². The summed E-state index contributed by atoms with van der Waals surface area (Å²) in [6.45, 7) is 6.12. The summed E-state index contributed by atoms with van der Waals surface area (Å²) < 4.78 is 0. The predicted molar refractivity (Wildman–Crippen MR) is 117 cm³/mol. The Balaban J connectivity index is 1.47. The van der Waals surface area contributed by atoms with Gasteiger partial charge in [0.25, 0.3) is 23.6 Å². The highest BCUT2D eigenvalue weighted by atomic mass is 16.2. The maximum atomic E-state index is 13.1. The number of aromatic nitrogens is 1. The van der Waals surface area contributed by atoms with Crippen molar-refractivity contribution in [2.45, 2.75) is 20.3 Å². The molecule has 166 valence electrons. The van der Waals surface area contributed by atoms with Gasteiger partial charge in [0.2, 0.25) is 0 Å². The zero-order valence-electron chi connectivity index (χ0n) is 18.3. The quantitative estimate of drug-likeness (QED) is 0.689. The van der Waals surface area contributed by atoms with Crippen LogP contribution in [0, 0.1) is 5.92 Å². The van der Waals surface area contributed by atoms with Gasteiger partial charge in [-0.05, 0) is 42.7 Å². The molecule has 1 fully saturated rings. The first-order chi connectivity index (χ1) is 15.4. The molecule has 3 heterocycles. The highest BCUT2D eigenvalue weighted by Gasteiger charge is 2.36. The lowest BCUT2D eigenvalue weighted by atomic mass is 10.0. The molecule has 0 N–H and O–H groups in total. The minimum atomic E-state index is -0.350. The molecule has 1 saturated heterocycles. The third kappa shape index (κ3) is 4.12. The predicted octanol–water partition coefficient (Wildman–Crippen LogP) is 2.32. The Morgan fingerprint density at radius 2 is 1.56 bits per heavy atom. The fraction of sp³-hybridized carbons (Fsp3) is 0.375. The van der Waals surface area contributed by atoms with Crippen LogP contribution in [0.15, 0.2) is 42.7 Å². The van der Waals surface area contributed by atoms with E-state index in [0.29, 0.717) is 55.8 Å². The highest BCUT2D eigenvalue weighted by Crippen LogP contribution is 2.25. The first-order valence-corrected chi connectivity index (χ1v) is 10.9. The zero-order valence-corrected chi connectivity index (χ0v) is 18.3. The summed E-state index contributed by atoms with van der Waals surface area (Å²) in [5.41, 5.74) is 1.53. The fourth-order valence-corrected chi connectivity index (χ4v) is 4.13. The Kier molecular flexibility index (Phi) is 6.03. The van der Waals surface area contributed by atoms with E-state index in [1.807, 2.05) is 13.8 Å². The molecule has 0 saturated carbocycles. The van der Waals surface area contributed by atoms with E-state index in [0.717, 1.165) is 0 Å². The van der Waals surface area contributed by atoms with Crippen molar-refractivity contribution in [3.05, 3.63) is 65.0 Å². The molecular weight excluding hydrogens is 408 g/mol. The second-order valence-corrected chi connectivity index (χ2v) is 8.55. The molecule has 2 aliphatic heterocycles. The van der Waals surface area contributed by atoms with Crippen molar-refractivity contribution < 1.29 is 19.2 Å². The molecule has 0 spiro atoms. The van der Waals surface area contributed by atoms with Gasteiger partial charge in [0.1, 0.15) is 0 Å². The number of benzene rings is 1. The van der Waals surface area contributed by atoms with Crippen LogP contribution >= 0.6 is 0 Å². The monoisotopic (exact) mass is 434 g/mol. The van der Waals surface area contributed by atoms with Crippen molar-refractivity contribution in [2.24, 2.45) is 5.92 Å². The first-order valence-electron chi connectivity index (χ1n) is 10.9. The van der Waals surface area contributed by atoms with E-state index < -0.39 is 0 Å². The van der Waals surface area contributed by atoms with Gasteiger partial charge >= 0.3 is 0 Å². The summed E-state index contributed by atoms with van der Waals surface area (Å²) in [5, 5.41) is 0. The number of hydrogen-bond donors (Lipinski definition) is 0. The van der Waals surface area contributed by atoms with Gasteiger partial charge in [0.05, 0.1) is 16.7 Å². The third-order valence-electron chi connectivity index (χ3n) is 5.74. The minimum absolute atomic E-state index is 0.0979. The summed E-state index contributed by atoms with van der Waals surface area (Å²) in [6.07, 6.45) is 3.82. The number of pyridine rings is 1. The molecule has 1 aromatic carbocycles. The van der Waals surface area contributed by atoms with Crippen LogP contribution < -0.4 is 0 Å². The second kappa shape index (κ2) is 8.90. The molecule has 1 aromatic heterocycles. The molecule has 0 bridgehead atoms. The number of hydrogen-bond acceptors (Lipinski definition) is 5. The summed E-state index contributed by atoms with van der Waals surface area (Å²) >= 11 is 0. The molecule has 4 amide bonds. The van der Waals surface area contributed by atoms with Gasteiger partial charge in [-0.25, -0.2) is 0 Å². The molecule has 0 unspecified atom stereocenters. The average Bonchev–Trinajstić information content (AvgIpc) is 2.97. The van der Waals surface area contributed by atoms with Crippen LogP contribution in [0.2, 0.25) is 0 Å². The number of carbonyl (C=O) groups excluding carboxylic acids is 4. The molecule has 0 atom stereocenters. The zero-order chi connectivity index (χ0) is 22.8. The van der Waals surface area contributed by atoms with E-state index in [9.17, 15) is 19.2 Å². The normalized spacial score (nSPS) is 16.4. The van der Waals surface area contributed by atoms with Gasteiger partial charge in [-0.2, -0.15) is 0 Å². The summed E-state index contributed by atoms with van der Waals surface area (Å²) in [4.78, 5) is 59.8. The van der Waals surface area contributed by atoms with Crippen molar-refractivity contribution in [2.75, 3.05) is 32.7 Å². The summed E-state index contributed by atoms with van der Waals surface area (Å²) in [6, 6.07) is 8.16. The third-order valence-corrected chi connectivity index (χ3v) is 5.74. The van der Waals surface area contributed by atoms with Crippen LogP contribution in [-0.2, 0) is 0 Å². The van der Waals surface area contributed by atoms with Gasteiger partial charge in [-0.3, -0.25) is 29.1 Å². The molecule has 0 radical (unpaired) electrons. The van der Waals surface area contributed by atoms with Crippen LogP contribution in [0.3, 0.4) is 0 Å². The van der Waals surface area contributed by atoms with Crippen molar-refractivity contribution in [3.63, 3.8) is 0 Å². The van der Waals surface area contributed by atoms with Gasteiger partial charge in [-0.1, -0.05) is 13.8 Å². The van der Waals surface area contributed by atoms with E-state index in [4.69, 9.17) is 0 Å². The molecule has 2 aromatic rings. The molecule has 32 heavy (non-hydrogen) atoms. The Hall–Kier alpha value is -3.55. The van der Waals surface area contributed by atoms with E-state index >= 15 is 0 Å². The lowest BCUT2D eigenvalue weighted by Crippen LogP contribution is -2.37. The Morgan fingerprint density at radius 1 is 0.906 bits per heavy atom. The maximum Gasteiger partial charge on any atom is 0.261 e. The number of nitrogens with zero attached hydrogens (tertiary/aromatic N) is 4. The van der Waals surface area contributed by atoms with Gasteiger partial charge < -0.3 is 9.80 Å². The average molecular weight is 434 g/mol. The molecule has 2 aliphatic rings. The molecule has 8 nitrogen and oxygen atoms in total. The molecule has 4 rings (SSSR count). The van der Waals surface area contributed by atoms with E-state index in [-0.39, 0.29) is 35.1 Å². The largest absolute Gasteiger partial charge is 0.337 e. The van der Waals surface area contributed by atoms with E-state index in [1.165, 1.54) is 11.0 Å². The SMILES string of the molecule is CC(C)CN1C(=O)c2ccc(C(=O)N3CCCN(C(=O)c4cccnc4)CC3)cc2C1=O. The number of imide groups is 1. The number of amides is 4. The topological polar surface area (TPSA) is 90.9 Å². The van der Waals surface area contributed by atoms with Gasteiger partial charge in [0, 0.05) is 50.7 Å². The van der Waals surface area contributed by atoms with E-state index in [2.05, 4.69) is 4.98 Å². The summed E-state index contributed by atoms with van der Waals surface area (Å²) in [7, 11) is 0. The highest BCUT2D eigenvalue weighted by molar-refractivity contribution is 6.22. The minimum Gasteiger partial charge on any atom is -0.337 e. The van der Waals surface area contributed by atoms with Crippen molar-refractivity contribution >= 4 is 23.6 Å². The molecular formula is C24H26N4O4.